The number of fused-ring (bicyclic) bond motifs is 1. The van der Waals surface area contributed by atoms with E-state index < -0.39 is 6.10 Å². The second kappa shape index (κ2) is 13.3. The largest absolute Gasteiger partial charge is 0.386 e. The molecule has 2 rings (SSSR count). The summed E-state index contributed by atoms with van der Waals surface area (Å²) < 4.78 is 6.73. The molecule has 0 fully saturated rings. The molecule has 1 atom stereocenters. The highest BCUT2D eigenvalue weighted by Gasteiger charge is 2.11. The Morgan fingerprint density at radius 2 is 2.04 bits per heavy atom. The van der Waals surface area contributed by atoms with E-state index in [1.165, 1.54) is 10.1 Å². The summed E-state index contributed by atoms with van der Waals surface area (Å²) >= 11 is 1.62. The topological polar surface area (TPSA) is 65.9 Å². The van der Waals surface area contributed by atoms with Crippen LogP contribution in [0.25, 0.3) is 10.1 Å². The van der Waals surface area contributed by atoms with Crippen LogP contribution < -0.4 is 10.6 Å². The molecule has 26 heavy (non-hydrogen) atoms. The maximum Gasteiger partial charge on any atom is 0.191 e. The number of nitrogens with one attached hydrogen (secondary N) is 2. The highest BCUT2D eigenvalue weighted by molar-refractivity contribution is 14.0. The Kier molecular flexibility index (Phi) is 11.8. The predicted molar refractivity (Wildman–Crippen MR) is 122 cm³/mol. The summed E-state index contributed by atoms with van der Waals surface area (Å²) in [5, 5.41) is 18.0. The van der Waals surface area contributed by atoms with Gasteiger partial charge >= 0.3 is 0 Å². The van der Waals surface area contributed by atoms with Gasteiger partial charge in [-0.2, -0.15) is 0 Å². The number of benzene rings is 1. The van der Waals surface area contributed by atoms with Crippen LogP contribution in [-0.2, 0) is 4.74 Å². The Balaban J connectivity index is 0.00000338. The van der Waals surface area contributed by atoms with Crippen molar-refractivity contribution >= 4 is 51.4 Å². The molecule has 1 aromatic heterocycles. The van der Waals surface area contributed by atoms with Gasteiger partial charge in [0.25, 0.3) is 0 Å². The summed E-state index contributed by atoms with van der Waals surface area (Å²) in [7, 11) is 0. The molecule has 1 unspecified atom stereocenters. The van der Waals surface area contributed by atoms with Crippen molar-refractivity contribution in [3.63, 3.8) is 0 Å². The lowest BCUT2D eigenvalue weighted by Gasteiger charge is -2.12. The third-order valence-corrected chi connectivity index (χ3v) is 4.94. The van der Waals surface area contributed by atoms with E-state index in [-0.39, 0.29) is 24.0 Å². The second-order valence-electron chi connectivity index (χ2n) is 5.81. The van der Waals surface area contributed by atoms with Gasteiger partial charge in [-0.25, -0.2) is 0 Å². The fourth-order valence-electron chi connectivity index (χ4n) is 2.37. The van der Waals surface area contributed by atoms with Gasteiger partial charge in [-0.05, 0) is 30.9 Å². The van der Waals surface area contributed by atoms with Gasteiger partial charge in [-0.3, -0.25) is 4.99 Å². The minimum Gasteiger partial charge on any atom is -0.386 e. The Morgan fingerprint density at radius 3 is 2.77 bits per heavy atom. The summed E-state index contributed by atoms with van der Waals surface area (Å²) in [5.41, 5.74) is 0. The van der Waals surface area contributed by atoms with Crippen LogP contribution in [0.4, 0.5) is 0 Å². The minimum absolute atomic E-state index is 0. The van der Waals surface area contributed by atoms with E-state index in [0.717, 1.165) is 30.9 Å². The van der Waals surface area contributed by atoms with Crippen LogP contribution in [0.1, 0.15) is 37.7 Å². The summed E-state index contributed by atoms with van der Waals surface area (Å²) in [6.07, 6.45) is 1.65. The van der Waals surface area contributed by atoms with Gasteiger partial charge in [0.15, 0.2) is 5.96 Å². The van der Waals surface area contributed by atoms with Gasteiger partial charge in [0, 0.05) is 29.3 Å². The lowest BCUT2D eigenvalue weighted by Crippen LogP contribution is -2.39. The zero-order valence-electron chi connectivity index (χ0n) is 15.5. The SMILES string of the molecule is CCCCOCCNC(=NCC(O)c1cc2ccccc2s1)NCC.I. The molecule has 0 bridgehead atoms. The van der Waals surface area contributed by atoms with E-state index in [1.807, 2.05) is 25.1 Å². The smallest absolute Gasteiger partial charge is 0.191 e. The van der Waals surface area contributed by atoms with Crippen LogP contribution in [0.5, 0.6) is 0 Å². The van der Waals surface area contributed by atoms with Crippen LogP contribution >= 0.6 is 35.3 Å². The Labute approximate surface area is 177 Å². The number of aliphatic hydroxyl groups excluding tert-OH is 1. The number of unbranched alkanes of at least 4 members (excludes halogenated alkanes) is 1. The number of guanidine groups is 1. The normalized spacial score (nSPS) is 12.7. The Morgan fingerprint density at radius 1 is 1.23 bits per heavy atom. The van der Waals surface area contributed by atoms with Gasteiger partial charge < -0.3 is 20.5 Å². The first-order valence-corrected chi connectivity index (χ1v) is 9.82. The zero-order valence-corrected chi connectivity index (χ0v) is 18.7. The Hall–Kier alpha value is -0.900. The van der Waals surface area contributed by atoms with Crippen LogP contribution in [0.15, 0.2) is 35.3 Å². The summed E-state index contributed by atoms with van der Waals surface area (Å²) in [5.74, 6) is 0.710. The average molecular weight is 491 g/mol. The minimum atomic E-state index is -0.589. The number of ether oxygens (including phenoxy) is 1. The molecule has 0 amide bonds. The summed E-state index contributed by atoms with van der Waals surface area (Å²) in [4.78, 5) is 5.44. The van der Waals surface area contributed by atoms with Crippen molar-refractivity contribution in [2.75, 3.05) is 32.8 Å². The number of aliphatic hydroxyl groups is 1. The number of hydrogen-bond donors (Lipinski definition) is 3. The van der Waals surface area contributed by atoms with Crippen molar-refractivity contribution in [1.29, 1.82) is 0 Å². The van der Waals surface area contributed by atoms with E-state index in [4.69, 9.17) is 4.74 Å². The summed E-state index contributed by atoms with van der Waals surface area (Å²) in [6, 6.07) is 10.2. The molecule has 0 radical (unpaired) electrons. The van der Waals surface area contributed by atoms with Gasteiger partial charge in [-0.15, -0.1) is 35.3 Å². The van der Waals surface area contributed by atoms with Crippen LogP contribution in [0, 0.1) is 0 Å². The quantitative estimate of drug-likeness (QED) is 0.204. The van der Waals surface area contributed by atoms with E-state index in [2.05, 4.69) is 34.7 Å². The summed E-state index contributed by atoms with van der Waals surface area (Å²) in [6.45, 7) is 7.45. The van der Waals surface area contributed by atoms with Gasteiger partial charge in [0.2, 0.25) is 0 Å². The molecule has 0 spiro atoms. The molecule has 1 aromatic carbocycles. The third-order valence-electron chi connectivity index (χ3n) is 3.72. The molecule has 0 aliphatic heterocycles. The van der Waals surface area contributed by atoms with Crippen molar-refractivity contribution in [3.05, 3.63) is 35.2 Å². The number of nitrogens with zero attached hydrogens (tertiary/aromatic N) is 1. The van der Waals surface area contributed by atoms with Crippen molar-refractivity contribution < 1.29 is 9.84 Å². The fraction of sp³-hybridized carbons (Fsp3) is 0.526. The van der Waals surface area contributed by atoms with Crippen molar-refractivity contribution in [2.24, 2.45) is 4.99 Å². The molecule has 2 aromatic rings. The van der Waals surface area contributed by atoms with Crippen molar-refractivity contribution in [3.8, 4) is 0 Å². The first-order chi connectivity index (χ1) is 12.2. The molecular formula is C19H30IN3O2S. The molecule has 1 heterocycles. The zero-order chi connectivity index (χ0) is 17.9. The molecule has 0 aliphatic rings. The molecule has 146 valence electrons. The molecule has 0 aliphatic carbocycles. The Bertz CT molecular complexity index is 630. The highest BCUT2D eigenvalue weighted by atomic mass is 127. The monoisotopic (exact) mass is 491 g/mol. The van der Waals surface area contributed by atoms with E-state index in [1.54, 1.807) is 11.3 Å². The number of rotatable bonds is 10. The van der Waals surface area contributed by atoms with Crippen LogP contribution in [-0.4, -0.2) is 43.9 Å². The molecular weight excluding hydrogens is 461 g/mol. The number of thiophene rings is 1. The lowest BCUT2D eigenvalue weighted by molar-refractivity contribution is 0.136. The molecule has 3 N–H and O–H groups in total. The van der Waals surface area contributed by atoms with Gasteiger partial charge in [0.05, 0.1) is 13.2 Å². The van der Waals surface area contributed by atoms with Gasteiger partial charge in [-0.1, -0.05) is 31.5 Å². The number of aliphatic imine (C=N–C) groups is 1. The fourth-order valence-corrected chi connectivity index (χ4v) is 3.41. The third kappa shape index (κ3) is 7.77. The maximum absolute atomic E-state index is 10.4. The van der Waals surface area contributed by atoms with Crippen molar-refractivity contribution in [2.45, 2.75) is 32.8 Å². The average Bonchev–Trinajstić information content (AvgIpc) is 3.06. The van der Waals surface area contributed by atoms with Gasteiger partial charge in [0.1, 0.15) is 6.10 Å². The molecule has 0 saturated carbocycles. The molecule has 0 saturated heterocycles. The van der Waals surface area contributed by atoms with Crippen LogP contribution in [0.2, 0.25) is 0 Å². The van der Waals surface area contributed by atoms with Crippen LogP contribution in [0.3, 0.4) is 0 Å². The second-order valence-corrected chi connectivity index (χ2v) is 6.93. The number of halogens is 1. The molecule has 7 heteroatoms. The first-order valence-electron chi connectivity index (χ1n) is 9.01. The standard InChI is InChI=1S/C19H29N3O2S.HI/c1-3-5-11-24-12-10-21-19(20-4-2)22-14-16(23)18-13-15-8-6-7-9-17(15)25-18;/h6-9,13,16,23H,3-5,10-12,14H2,1-2H3,(H2,20,21,22);1H. The number of hydrogen-bond acceptors (Lipinski definition) is 4. The van der Waals surface area contributed by atoms with E-state index in [9.17, 15) is 5.11 Å². The van der Waals surface area contributed by atoms with E-state index in [0.29, 0.717) is 25.7 Å². The first kappa shape index (κ1) is 23.1. The maximum atomic E-state index is 10.4. The highest BCUT2D eigenvalue weighted by Crippen LogP contribution is 2.29. The predicted octanol–water partition coefficient (Wildman–Crippen LogP) is 3.92. The van der Waals surface area contributed by atoms with E-state index >= 15 is 0 Å². The van der Waals surface area contributed by atoms with Crippen molar-refractivity contribution in [1.82, 2.24) is 10.6 Å². The molecule has 5 nitrogen and oxygen atoms in total. The lowest BCUT2D eigenvalue weighted by atomic mass is 10.2.